The fraction of sp³-hybridized carbons (Fsp3) is 0.308. The summed E-state index contributed by atoms with van der Waals surface area (Å²) in [5, 5.41) is 14.1. The number of hydrogen-bond donors (Lipinski definition) is 2. The second kappa shape index (κ2) is 8.29. The van der Waals surface area contributed by atoms with E-state index in [1.807, 2.05) is 37.4 Å². The molecule has 0 radical (unpaired) electrons. The van der Waals surface area contributed by atoms with Crippen molar-refractivity contribution in [1.29, 1.82) is 0 Å². The van der Waals surface area contributed by atoms with E-state index in [9.17, 15) is 4.79 Å². The number of halogens is 1. The average molecular weight is 296 g/mol. The Morgan fingerprint density at radius 2 is 2.00 bits per heavy atom. The quantitative estimate of drug-likeness (QED) is 0.781. The van der Waals surface area contributed by atoms with Gasteiger partial charge in [0.25, 0.3) is 5.91 Å². The Kier molecular flexibility index (Phi) is 6.69. The Morgan fingerprint density at radius 1 is 1.25 bits per heavy atom. The molecule has 7 heteroatoms. The maximum absolute atomic E-state index is 11.8. The van der Waals surface area contributed by atoms with Crippen LogP contribution in [-0.4, -0.2) is 41.0 Å². The molecule has 2 aromatic rings. The van der Waals surface area contributed by atoms with Gasteiger partial charge in [0.05, 0.1) is 11.9 Å². The minimum Gasteiger partial charge on any atom is -0.351 e. The molecule has 0 atom stereocenters. The molecule has 0 bridgehead atoms. The number of aromatic nitrogens is 3. The SMILES string of the molecule is CNCCCNC(=O)c1cnn(-c2ccccc2)n1.Cl. The fourth-order valence-corrected chi connectivity index (χ4v) is 1.61. The van der Waals surface area contributed by atoms with Gasteiger partial charge in [-0.1, -0.05) is 18.2 Å². The number of hydrogen-bond acceptors (Lipinski definition) is 4. The number of carbonyl (C=O) groups excluding carboxylic acids is 1. The van der Waals surface area contributed by atoms with E-state index in [2.05, 4.69) is 20.8 Å². The van der Waals surface area contributed by atoms with Gasteiger partial charge in [-0.05, 0) is 32.1 Å². The van der Waals surface area contributed by atoms with Crippen molar-refractivity contribution in [2.75, 3.05) is 20.1 Å². The second-order valence-electron chi connectivity index (χ2n) is 4.07. The lowest BCUT2D eigenvalue weighted by molar-refractivity contribution is 0.0948. The van der Waals surface area contributed by atoms with Crippen LogP contribution in [0.4, 0.5) is 0 Å². The minimum absolute atomic E-state index is 0. The number of amides is 1. The third-order valence-electron chi connectivity index (χ3n) is 2.60. The standard InChI is InChI=1S/C13H17N5O.ClH/c1-14-8-5-9-15-13(19)12-10-16-18(17-12)11-6-3-2-4-7-11;/h2-4,6-7,10,14H,5,8-9H2,1H3,(H,15,19);1H. The second-order valence-corrected chi connectivity index (χ2v) is 4.07. The predicted molar refractivity (Wildman–Crippen MR) is 79.5 cm³/mol. The van der Waals surface area contributed by atoms with Crippen molar-refractivity contribution in [2.45, 2.75) is 6.42 Å². The van der Waals surface area contributed by atoms with Crippen LogP contribution in [0.1, 0.15) is 16.9 Å². The Hall–Kier alpha value is -1.92. The molecule has 2 N–H and O–H groups in total. The van der Waals surface area contributed by atoms with Gasteiger partial charge in [0.1, 0.15) is 0 Å². The molecule has 0 aliphatic rings. The first-order valence-corrected chi connectivity index (χ1v) is 6.22. The Labute approximate surface area is 124 Å². The van der Waals surface area contributed by atoms with Crippen molar-refractivity contribution < 1.29 is 4.79 Å². The van der Waals surface area contributed by atoms with Crippen molar-refractivity contribution in [3.8, 4) is 5.69 Å². The van der Waals surface area contributed by atoms with Crippen LogP contribution in [0.25, 0.3) is 5.69 Å². The maximum Gasteiger partial charge on any atom is 0.273 e. The molecule has 0 spiro atoms. The number of nitrogens with one attached hydrogen (secondary N) is 2. The summed E-state index contributed by atoms with van der Waals surface area (Å²) in [6.07, 6.45) is 2.36. The number of para-hydroxylation sites is 1. The molecule has 0 saturated carbocycles. The number of nitrogens with zero attached hydrogens (tertiary/aromatic N) is 3. The molecule has 1 aromatic heterocycles. The highest BCUT2D eigenvalue weighted by Crippen LogP contribution is 2.03. The summed E-state index contributed by atoms with van der Waals surface area (Å²) in [5.41, 5.74) is 1.16. The zero-order valence-corrected chi connectivity index (χ0v) is 12.1. The van der Waals surface area contributed by atoms with Crippen molar-refractivity contribution in [2.24, 2.45) is 0 Å². The monoisotopic (exact) mass is 295 g/mol. The van der Waals surface area contributed by atoms with Crippen molar-refractivity contribution in [1.82, 2.24) is 25.6 Å². The molecule has 1 heterocycles. The highest BCUT2D eigenvalue weighted by Gasteiger charge is 2.10. The van der Waals surface area contributed by atoms with Gasteiger partial charge in [-0.3, -0.25) is 4.79 Å². The van der Waals surface area contributed by atoms with Gasteiger partial charge in [0.2, 0.25) is 0 Å². The molecule has 1 aromatic carbocycles. The predicted octanol–water partition coefficient (Wildman–Crippen LogP) is 1.03. The molecule has 1 amide bonds. The van der Waals surface area contributed by atoms with Gasteiger partial charge < -0.3 is 10.6 Å². The zero-order chi connectivity index (χ0) is 13.5. The molecule has 0 fully saturated rings. The van der Waals surface area contributed by atoms with Gasteiger partial charge >= 0.3 is 0 Å². The smallest absolute Gasteiger partial charge is 0.273 e. The molecule has 108 valence electrons. The van der Waals surface area contributed by atoms with E-state index in [4.69, 9.17) is 0 Å². The maximum atomic E-state index is 11.8. The average Bonchev–Trinajstić information content (AvgIpc) is 2.94. The molecule has 6 nitrogen and oxygen atoms in total. The van der Waals surface area contributed by atoms with E-state index >= 15 is 0 Å². The first-order valence-electron chi connectivity index (χ1n) is 6.22. The van der Waals surface area contributed by atoms with Crippen molar-refractivity contribution in [3.63, 3.8) is 0 Å². The first-order chi connectivity index (χ1) is 9.31. The third kappa shape index (κ3) is 4.32. The third-order valence-corrected chi connectivity index (χ3v) is 2.60. The molecule has 2 rings (SSSR count). The van der Waals surface area contributed by atoms with Crippen LogP contribution in [0, 0.1) is 0 Å². The molecule has 20 heavy (non-hydrogen) atoms. The van der Waals surface area contributed by atoms with Crippen LogP contribution >= 0.6 is 12.4 Å². The van der Waals surface area contributed by atoms with E-state index in [-0.39, 0.29) is 18.3 Å². The number of carbonyl (C=O) groups is 1. The largest absolute Gasteiger partial charge is 0.351 e. The van der Waals surface area contributed by atoms with E-state index < -0.39 is 0 Å². The van der Waals surface area contributed by atoms with Gasteiger partial charge in [-0.25, -0.2) is 0 Å². The highest BCUT2D eigenvalue weighted by molar-refractivity contribution is 5.91. The summed E-state index contributed by atoms with van der Waals surface area (Å²) in [4.78, 5) is 13.3. The number of benzene rings is 1. The van der Waals surface area contributed by atoms with E-state index in [0.29, 0.717) is 12.2 Å². The van der Waals surface area contributed by atoms with Crippen LogP contribution in [0.2, 0.25) is 0 Å². The van der Waals surface area contributed by atoms with Crippen LogP contribution in [0.3, 0.4) is 0 Å². The first kappa shape index (κ1) is 16.1. The normalized spacial score (nSPS) is 9.85. The number of rotatable bonds is 6. The summed E-state index contributed by atoms with van der Waals surface area (Å²) in [6, 6.07) is 9.48. The Morgan fingerprint density at radius 3 is 2.70 bits per heavy atom. The van der Waals surface area contributed by atoms with Crippen LogP contribution < -0.4 is 10.6 Å². The molecule has 0 saturated heterocycles. The summed E-state index contributed by atoms with van der Waals surface area (Å²) in [6.45, 7) is 1.49. The van der Waals surface area contributed by atoms with E-state index in [1.54, 1.807) is 0 Å². The lowest BCUT2D eigenvalue weighted by atomic mass is 10.3. The highest BCUT2D eigenvalue weighted by atomic mass is 35.5. The Bertz CT molecular complexity index is 529. The van der Waals surface area contributed by atoms with Crippen LogP contribution in [0.5, 0.6) is 0 Å². The molecule has 0 aliphatic carbocycles. The summed E-state index contributed by atoms with van der Waals surface area (Å²) >= 11 is 0. The van der Waals surface area contributed by atoms with Gasteiger partial charge in [-0.2, -0.15) is 9.90 Å². The lowest BCUT2D eigenvalue weighted by Crippen LogP contribution is -2.27. The molecule has 0 unspecified atom stereocenters. The van der Waals surface area contributed by atoms with Gasteiger partial charge in [-0.15, -0.1) is 17.5 Å². The van der Waals surface area contributed by atoms with Gasteiger partial charge in [0.15, 0.2) is 5.69 Å². The fourth-order valence-electron chi connectivity index (χ4n) is 1.61. The van der Waals surface area contributed by atoms with Crippen LogP contribution in [0.15, 0.2) is 36.5 Å². The Balaban J connectivity index is 0.00000200. The minimum atomic E-state index is -0.196. The summed E-state index contributed by atoms with van der Waals surface area (Å²) in [7, 11) is 1.88. The summed E-state index contributed by atoms with van der Waals surface area (Å²) < 4.78 is 0. The van der Waals surface area contributed by atoms with E-state index in [0.717, 1.165) is 18.7 Å². The molecular weight excluding hydrogens is 278 g/mol. The van der Waals surface area contributed by atoms with E-state index in [1.165, 1.54) is 11.0 Å². The van der Waals surface area contributed by atoms with Crippen molar-refractivity contribution >= 4 is 18.3 Å². The lowest BCUT2D eigenvalue weighted by Gasteiger charge is -2.02. The van der Waals surface area contributed by atoms with Gasteiger partial charge in [0, 0.05) is 6.54 Å². The van der Waals surface area contributed by atoms with Crippen molar-refractivity contribution in [3.05, 3.63) is 42.2 Å². The topological polar surface area (TPSA) is 71.8 Å². The molecular formula is C13H18ClN5O. The molecule has 0 aliphatic heterocycles. The summed E-state index contributed by atoms with van der Waals surface area (Å²) in [5.74, 6) is -0.196. The zero-order valence-electron chi connectivity index (χ0n) is 11.2. The van der Waals surface area contributed by atoms with Crippen LogP contribution in [-0.2, 0) is 0 Å².